The third-order valence-corrected chi connectivity index (χ3v) is 2.73. The first-order chi connectivity index (χ1) is 6.56. The first-order valence-corrected chi connectivity index (χ1v) is 5.13. The predicted octanol–water partition coefficient (Wildman–Crippen LogP) is 2.55. The standard InChI is InChI=1S/C10H14Cl2N2/c1-14(2)10(6-13)8-4-3-7(11)5-9(8)12/h3-5,10H,6,13H2,1-2H3. The predicted molar refractivity (Wildman–Crippen MR) is 61.9 cm³/mol. The summed E-state index contributed by atoms with van der Waals surface area (Å²) >= 11 is 11.9. The van der Waals surface area contributed by atoms with E-state index in [-0.39, 0.29) is 6.04 Å². The zero-order valence-electron chi connectivity index (χ0n) is 8.30. The normalized spacial score (nSPS) is 13.3. The Morgan fingerprint density at radius 3 is 2.43 bits per heavy atom. The molecular formula is C10H14Cl2N2. The number of halogens is 2. The Balaban J connectivity index is 3.04. The van der Waals surface area contributed by atoms with E-state index in [0.29, 0.717) is 16.6 Å². The summed E-state index contributed by atoms with van der Waals surface area (Å²) in [4.78, 5) is 2.04. The number of rotatable bonds is 3. The monoisotopic (exact) mass is 232 g/mol. The number of nitrogens with two attached hydrogens (primary N) is 1. The molecule has 1 aromatic rings. The molecule has 1 atom stereocenters. The molecule has 2 nitrogen and oxygen atoms in total. The Morgan fingerprint density at radius 1 is 1.36 bits per heavy atom. The molecule has 14 heavy (non-hydrogen) atoms. The Morgan fingerprint density at radius 2 is 2.00 bits per heavy atom. The van der Waals surface area contributed by atoms with Crippen LogP contribution in [0.5, 0.6) is 0 Å². The van der Waals surface area contributed by atoms with Gasteiger partial charge in [-0.15, -0.1) is 0 Å². The van der Waals surface area contributed by atoms with Crippen LogP contribution in [0.2, 0.25) is 10.0 Å². The molecule has 0 amide bonds. The molecule has 78 valence electrons. The van der Waals surface area contributed by atoms with Gasteiger partial charge in [0.05, 0.1) is 0 Å². The van der Waals surface area contributed by atoms with E-state index >= 15 is 0 Å². The molecule has 0 saturated heterocycles. The van der Waals surface area contributed by atoms with Crippen LogP contribution in [0.4, 0.5) is 0 Å². The number of likely N-dealkylation sites (N-methyl/N-ethyl adjacent to an activating group) is 1. The second kappa shape index (κ2) is 4.99. The highest BCUT2D eigenvalue weighted by molar-refractivity contribution is 6.35. The van der Waals surface area contributed by atoms with E-state index in [1.54, 1.807) is 6.07 Å². The van der Waals surface area contributed by atoms with Gasteiger partial charge in [0, 0.05) is 22.6 Å². The van der Waals surface area contributed by atoms with Crippen molar-refractivity contribution in [1.82, 2.24) is 4.90 Å². The summed E-state index contributed by atoms with van der Waals surface area (Å²) in [6.45, 7) is 0.536. The SMILES string of the molecule is CN(C)C(CN)c1ccc(Cl)cc1Cl. The van der Waals surface area contributed by atoms with Gasteiger partial charge in [0.1, 0.15) is 0 Å². The molecule has 0 radical (unpaired) electrons. The van der Waals surface area contributed by atoms with E-state index in [1.807, 2.05) is 31.1 Å². The van der Waals surface area contributed by atoms with Gasteiger partial charge < -0.3 is 10.6 Å². The Labute approximate surface area is 94.6 Å². The van der Waals surface area contributed by atoms with Crippen molar-refractivity contribution in [3.63, 3.8) is 0 Å². The fraction of sp³-hybridized carbons (Fsp3) is 0.400. The zero-order chi connectivity index (χ0) is 10.7. The molecule has 4 heteroatoms. The molecule has 1 rings (SSSR count). The van der Waals surface area contributed by atoms with E-state index < -0.39 is 0 Å². The van der Waals surface area contributed by atoms with Gasteiger partial charge in [-0.2, -0.15) is 0 Å². The van der Waals surface area contributed by atoms with Gasteiger partial charge in [-0.1, -0.05) is 29.3 Å². The number of nitrogens with zero attached hydrogens (tertiary/aromatic N) is 1. The Kier molecular flexibility index (Phi) is 4.20. The minimum absolute atomic E-state index is 0.139. The fourth-order valence-corrected chi connectivity index (χ4v) is 1.92. The number of hydrogen-bond donors (Lipinski definition) is 1. The lowest BCUT2D eigenvalue weighted by Crippen LogP contribution is -2.27. The van der Waals surface area contributed by atoms with Crippen LogP contribution < -0.4 is 5.73 Å². The highest BCUT2D eigenvalue weighted by Crippen LogP contribution is 2.27. The van der Waals surface area contributed by atoms with Crippen LogP contribution in [0.15, 0.2) is 18.2 Å². The van der Waals surface area contributed by atoms with E-state index in [2.05, 4.69) is 0 Å². The topological polar surface area (TPSA) is 29.3 Å². The van der Waals surface area contributed by atoms with Gasteiger partial charge in [0.15, 0.2) is 0 Å². The highest BCUT2D eigenvalue weighted by atomic mass is 35.5. The summed E-state index contributed by atoms with van der Waals surface area (Å²) in [6.07, 6.45) is 0. The molecule has 0 heterocycles. The second-order valence-corrected chi connectivity index (χ2v) is 4.22. The minimum atomic E-state index is 0.139. The van der Waals surface area contributed by atoms with E-state index in [0.717, 1.165) is 5.56 Å². The lowest BCUT2D eigenvalue weighted by molar-refractivity contribution is 0.306. The summed E-state index contributed by atoms with van der Waals surface area (Å²) in [5.41, 5.74) is 6.70. The van der Waals surface area contributed by atoms with Crippen LogP contribution in [-0.2, 0) is 0 Å². The first kappa shape index (κ1) is 11.8. The van der Waals surface area contributed by atoms with Crippen molar-refractivity contribution >= 4 is 23.2 Å². The van der Waals surface area contributed by atoms with Crippen molar-refractivity contribution in [2.24, 2.45) is 5.73 Å². The molecule has 0 saturated carbocycles. The maximum Gasteiger partial charge on any atom is 0.0479 e. The summed E-state index contributed by atoms with van der Waals surface area (Å²) < 4.78 is 0. The maximum absolute atomic E-state index is 6.08. The molecule has 1 aromatic carbocycles. The van der Waals surface area contributed by atoms with Crippen LogP contribution in [0.1, 0.15) is 11.6 Å². The second-order valence-electron chi connectivity index (χ2n) is 3.38. The molecular weight excluding hydrogens is 219 g/mol. The van der Waals surface area contributed by atoms with Crippen molar-refractivity contribution in [2.45, 2.75) is 6.04 Å². The van der Waals surface area contributed by atoms with Gasteiger partial charge in [0.2, 0.25) is 0 Å². The van der Waals surface area contributed by atoms with Gasteiger partial charge in [-0.25, -0.2) is 0 Å². The fourth-order valence-electron chi connectivity index (χ4n) is 1.39. The van der Waals surface area contributed by atoms with E-state index in [1.165, 1.54) is 0 Å². The lowest BCUT2D eigenvalue weighted by atomic mass is 10.1. The highest BCUT2D eigenvalue weighted by Gasteiger charge is 2.15. The van der Waals surface area contributed by atoms with E-state index in [4.69, 9.17) is 28.9 Å². The van der Waals surface area contributed by atoms with Gasteiger partial charge >= 0.3 is 0 Å². The number of benzene rings is 1. The van der Waals surface area contributed by atoms with Crippen molar-refractivity contribution in [3.05, 3.63) is 33.8 Å². The minimum Gasteiger partial charge on any atom is -0.329 e. The Hall–Kier alpha value is -0.280. The largest absolute Gasteiger partial charge is 0.329 e. The molecule has 0 aliphatic carbocycles. The van der Waals surface area contributed by atoms with E-state index in [9.17, 15) is 0 Å². The average molecular weight is 233 g/mol. The lowest BCUT2D eigenvalue weighted by Gasteiger charge is -2.24. The smallest absolute Gasteiger partial charge is 0.0479 e. The summed E-state index contributed by atoms with van der Waals surface area (Å²) in [7, 11) is 3.95. The molecule has 0 spiro atoms. The zero-order valence-corrected chi connectivity index (χ0v) is 9.81. The molecule has 0 fully saturated rings. The van der Waals surface area contributed by atoms with Crippen LogP contribution in [0.3, 0.4) is 0 Å². The van der Waals surface area contributed by atoms with Gasteiger partial charge in [-0.3, -0.25) is 0 Å². The molecule has 0 aromatic heterocycles. The summed E-state index contributed by atoms with van der Waals surface area (Å²) in [5.74, 6) is 0. The maximum atomic E-state index is 6.08. The third-order valence-electron chi connectivity index (χ3n) is 2.17. The van der Waals surface area contributed by atoms with Crippen LogP contribution in [-0.4, -0.2) is 25.5 Å². The number of hydrogen-bond acceptors (Lipinski definition) is 2. The molecule has 0 aliphatic rings. The average Bonchev–Trinajstić information content (AvgIpc) is 2.09. The molecule has 2 N–H and O–H groups in total. The molecule has 0 aliphatic heterocycles. The summed E-state index contributed by atoms with van der Waals surface area (Å²) in [5, 5.41) is 1.31. The third kappa shape index (κ3) is 2.61. The van der Waals surface area contributed by atoms with Gasteiger partial charge in [0.25, 0.3) is 0 Å². The van der Waals surface area contributed by atoms with Crippen molar-refractivity contribution in [2.75, 3.05) is 20.6 Å². The van der Waals surface area contributed by atoms with Crippen molar-refractivity contribution < 1.29 is 0 Å². The van der Waals surface area contributed by atoms with Crippen LogP contribution in [0, 0.1) is 0 Å². The first-order valence-electron chi connectivity index (χ1n) is 4.37. The van der Waals surface area contributed by atoms with Gasteiger partial charge in [-0.05, 0) is 31.8 Å². The molecule has 0 bridgehead atoms. The molecule has 1 unspecified atom stereocenters. The Bertz CT molecular complexity index is 313. The van der Waals surface area contributed by atoms with Crippen molar-refractivity contribution in [3.8, 4) is 0 Å². The quantitative estimate of drug-likeness (QED) is 0.869. The summed E-state index contributed by atoms with van der Waals surface area (Å²) in [6, 6.07) is 5.63. The van der Waals surface area contributed by atoms with Crippen LogP contribution in [0.25, 0.3) is 0 Å². The van der Waals surface area contributed by atoms with Crippen molar-refractivity contribution in [1.29, 1.82) is 0 Å². The van der Waals surface area contributed by atoms with Crippen LogP contribution >= 0.6 is 23.2 Å².